The zero-order valence-corrected chi connectivity index (χ0v) is 20.3. The van der Waals surface area contributed by atoms with E-state index in [4.69, 9.17) is 20.8 Å². The fourth-order valence-corrected chi connectivity index (χ4v) is 6.22. The fraction of sp³-hybridized carbons (Fsp3) is 0.600. The van der Waals surface area contributed by atoms with Crippen molar-refractivity contribution in [3.63, 3.8) is 0 Å². The molecule has 7 nitrogen and oxygen atoms in total. The van der Waals surface area contributed by atoms with Gasteiger partial charge in [-0.05, 0) is 58.6 Å². The Labute approximate surface area is 199 Å². The summed E-state index contributed by atoms with van der Waals surface area (Å²) in [6, 6.07) is 3.44. The van der Waals surface area contributed by atoms with Crippen LogP contribution < -0.4 is 10.6 Å². The normalized spacial score (nSPS) is 23.6. The summed E-state index contributed by atoms with van der Waals surface area (Å²) in [5.41, 5.74) is 1.33. The molecule has 178 valence electrons. The van der Waals surface area contributed by atoms with Gasteiger partial charge in [0.05, 0.1) is 21.8 Å². The van der Waals surface area contributed by atoms with Crippen LogP contribution in [0.1, 0.15) is 81.8 Å². The Morgan fingerprint density at radius 3 is 2.70 bits per heavy atom. The van der Waals surface area contributed by atoms with Crippen molar-refractivity contribution in [2.24, 2.45) is 0 Å². The van der Waals surface area contributed by atoms with Crippen molar-refractivity contribution in [1.29, 1.82) is 0 Å². The van der Waals surface area contributed by atoms with Gasteiger partial charge < -0.3 is 24.7 Å². The fourth-order valence-electron chi connectivity index (χ4n) is 5.96. The zero-order chi connectivity index (χ0) is 23.4. The largest absolute Gasteiger partial charge is 0.450 e. The molecule has 3 amide bonds. The quantitative estimate of drug-likeness (QED) is 0.590. The molecule has 2 aliphatic heterocycles. The number of fused-ring (bicyclic) bond motifs is 4. The number of ether oxygens (including phenoxy) is 1. The Kier molecular flexibility index (Phi) is 5.60. The number of rotatable bonds is 3. The summed E-state index contributed by atoms with van der Waals surface area (Å²) in [4.78, 5) is 28.0. The zero-order valence-electron chi connectivity index (χ0n) is 19.6. The van der Waals surface area contributed by atoms with Gasteiger partial charge in [0.1, 0.15) is 5.58 Å². The molecule has 1 atom stereocenters. The summed E-state index contributed by atoms with van der Waals surface area (Å²) in [7, 11) is 0. The van der Waals surface area contributed by atoms with E-state index in [0.29, 0.717) is 35.2 Å². The Bertz CT molecular complexity index is 1100. The van der Waals surface area contributed by atoms with Crippen LogP contribution in [0.15, 0.2) is 16.5 Å². The van der Waals surface area contributed by atoms with Gasteiger partial charge in [0, 0.05) is 30.1 Å². The monoisotopic (exact) mass is 473 g/mol. The minimum Gasteiger partial charge on any atom is -0.450 e. The molecular weight excluding hydrogens is 442 g/mol. The van der Waals surface area contributed by atoms with Crippen molar-refractivity contribution in [3.05, 3.63) is 28.5 Å². The molecule has 1 aromatic carbocycles. The maximum atomic E-state index is 13.6. The molecule has 3 heterocycles. The van der Waals surface area contributed by atoms with Crippen LogP contribution in [0.25, 0.3) is 11.0 Å². The van der Waals surface area contributed by atoms with Gasteiger partial charge in [0.25, 0.3) is 5.91 Å². The SMILES string of the molecule is CCN(C(=O)c1cc2cc(Cl)c3c(c2o1)C1(CCCCC1)NC(=O)N3)C1CCOC(C)(C)C1. The lowest BCUT2D eigenvalue weighted by Gasteiger charge is -2.42. The van der Waals surface area contributed by atoms with E-state index in [9.17, 15) is 9.59 Å². The van der Waals surface area contributed by atoms with Crippen molar-refractivity contribution >= 4 is 40.2 Å². The molecule has 1 aromatic heterocycles. The first kappa shape index (κ1) is 22.5. The summed E-state index contributed by atoms with van der Waals surface area (Å²) in [6.45, 7) is 7.36. The molecule has 8 heteroatoms. The van der Waals surface area contributed by atoms with Crippen LogP contribution in [0.2, 0.25) is 5.02 Å². The van der Waals surface area contributed by atoms with Crippen LogP contribution in [0, 0.1) is 0 Å². The number of carbonyl (C=O) groups is 2. The van der Waals surface area contributed by atoms with E-state index in [1.165, 1.54) is 0 Å². The van der Waals surface area contributed by atoms with Crippen LogP contribution in [-0.2, 0) is 10.3 Å². The highest BCUT2D eigenvalue weighted by Crippen LogP contribution is 2.49. The molecule has 33 heavy (non-hydrogen) atoms. The third kappa shape index (κ3) is 3.89. The van der Waals surface area contributed by atoms with Crippen LogP contribution >= 0.6 is 11.6 Å². The summed E-state index contributed by atoms with van der Waals surface area (Å²) in [6.07, 6.45) is 6.42. The predicted octanol–water partition coefficient (Wildman–Crippen LogP) is 5.80. The number of anilines is 1. The van der Waals surface area contributed by atoms with Gasteiger partial charge in [-0.2, -0.15) is 0 Å². The molecule has 2 fully saturated rings. The second-order valence-electron chi connectivity index (χ2n) is 10.2. The summed E-state index contributed by atoms with van der Waals surface area (Å²) in [5, 5.41) is 7.29. The van der Waals surface area contributed by atoms with E-state index in [2.05, 4.69) is 24.5 Å². The Morgan fingerprint density at radius 2 is 2.00 bits per heavy atom. The first-order chi connectivity index (χ1) is 15.7. The highest BCUT2D eigenvalue weighted by Gasteiger charge is 2.44. The van der Waals surface area contributed by atoms with Gasteiger partial charge in [-0.1, -0.05) is 30.9 Å². The molecular formula is C25H32ClN3O4. The van der Waals surface area contributed by atoms with Gasteiger partial charge in [-0.25, -0.2) is 4.79 Å². The Hall–Kier alpha value is -2.25. The first-order valence-corrected chi connectivity index (χ1v) is 12.4. The molecule has 3 aliphatic rings. The first-order valence-electron chi connectivity index (χ1n) is 12.0. The molecule has 1 spiro atoms. The summed E-state index contributed by atoms with van der Waals surface area (Å²) >= 11 is 6.63. The number of nitrogens with zero attached hydrogens (tertiary/aromatic N) is 1. The average molecular weight is 474 g/mol. The molecule has 1 saturated carbocycles. The van der Waals surface area contributed by atoms with E-state index >= 15 is 0 Å². The second-order valence-corrected chi connectivity index (χ2v) is 10.6. The number of hydrogen-bond donors (Lipinski definition) is 2. The Balaban J connectivity index is 1.57. The number of carbonyl (C=O) groups excluding carboxylic acids is 2. The van der Waals surface area contributed by atoms with Crippen molar-refractivity contribution in [2.45, 2.75) is 82.9 Å². The van der Waals surface area contributed by atoms with Crippen LogP contribution in [0.5, 0.6) is 0 Å². The van der Waals surface area contributed by atoms with E-state index in [1.54, 1.807) is 12.1 Å². The molecule has 0 bridgehead atoms. The van der Waals surface area contributed by atoms with E-state index < -0.39 is 5.54 Å². The van der Waals surface area contributed by atoms with Crippen molar-refractivity contribution in [3.8, 4) is 0 Å². The number of hydrogen-bond acceptors (Lipinski definition) is 4. The molecule has 1 saturated heterocycles. The topological polar surface area (TPSA) is 83.8 Å². The maximum Gasteiger partial charge on any atom is 0.319 e. The van der Waals surface area contributed by atoms with Crippen molar-refractivity contribution < 1.29 is 18.7 Å². The van der Waals surface area contributed by atoms with Crippen LogP contribution in [-0.4, -0.2) is 41.6 Å². The van der Waals surface area contributed by atoms with Crippen molar-refractivity contribution in [1.82, 2.24) is 10.2 Å². The van der Waals surface area contributed by atoms with Crippen molar-refractivity contribution in [2.75, 3.05) is 18.5 Å². The van der Waals surface area contributed by atoms with E-state index in [0.717, 1.165) is 55.9 Å². The minimum atomic E-state index is -0.521. The molecule has 5 rings (SSSR count). The summed E-state index contributed by atoms with van der Waals surface area (Å²) < 4.78 is 12.2. The van der Waals surface area contributed by atoms with E-state index in [1.807, 2.05) is 11.8 Å². The minimum absolute atomic E-state index is 0.0996. The number of benzene rings is 1. The van der Waals surface area contributed by atoms with E-state index in [-0.39, 0.29) is 23.6 Å². The third-order valence-corrected chi connectivity index (χ3v) is 7.76. The second kappa shape index (κ2) is 8.20. The number of halogens is 1. The maximum absolute atomic E-state index is 13.6. The van der Waals surface area contributed by atoms with Gasteiger partial charge in [-0.3, -0.25) is 4.79 Å². The number of amides is 3. The number of urea groups is 1. The third-order valence-electron chi connectivity index (χ3n) is 7.46. The smallest absolute Gasteiger partial charge is 0.319 e. The molecule has 2 aromatic rings. The van der Waals surface area contributed by atoms with Gasteiger partial charge in [0.2, 0.25) is 0 Å². The molecule has 1 aliphatic carbocycles. The lowest BCUT2D eigenvalue weighted by molar-refractivity contribution is -0.0779. The molecule has 0 radical (unpaired) electrons. The predicted molar refractivity (Wildman–Crippen MR) is 128 cm³/mol. The standard InChI is InChI=1S/C25H32ClN3O4/c1-4-29(16-8-11-32-24(2,3)14-16)22(30)18-13-15-12-17(26)20-19(21(15)33-18)25(28-23(31)27-20)9-6-5-7-10-25/h12-13,16H,4-11,14H2,1-3H3,(H2,27,28,31). The lowest BCUT2D eigenvalue weighted by atomic mass is 9.74. The van der Waals surface area contributed by atoms with Gasteiger partial charge in [0.15, 0.2) is 5.76 Å². The highest BCUT2D eigenvalue weighted by molar-refractivity contribution is 6.35. The Morgan fingerprint density at radius 1 is 1.24 bits per heavy atom. The average Bonchev–Trinajstić information content (AvgIpc) is 3.17. The number of furan rings is 1. The summed E-state index contributed by atoms with van der Waals surface area (Å²) in [5.74, 6) is 0.190. The number of nitrogens with one attached hydrogen (secondary N) is 2. The highest BCUT2D eigenvalue weighted by atomic mass is 35.5. The van der Waals surface area contributed by atoms with Gasteiger partial charge in [-0.15, -0.1) is 0 Å². The van der Waals surface area contributed by atoms with Crippen LogP contribution in [0.4, 0.5) is 10.5 Å². The molecule has 1 unspecified atom stereocenters. The molecule has 2 N–H and O–H groups in total. The van der Waals surface area contributed by atoms with Gasteiger partial charge >= 0.3 is 6.03 Å². The van der Waals surface area contributed by atoms with Crippen LogP contribution in [0.3, 0.4) is 0 Å². The lowest BCUT2D eigenvalue weighted by Crippen LogP contribution is -2.52.